The molecule has 0 fully saturated rings. The molecule has 1 heterocycles. The average Bonchev–Trinajstić information content (AvgIpc) is 3.08. The Morgan fingerprint density at radius 2 is 2.00 bits per heavy atom. The van der Waals surface area contributed by atoms with E-state index in [1.807, 2.05) is 18.2 Å². The summed E-state index contributed by atoms with van der Waals surface area (Å²) in [5.74, 6) is -0.836. The lowest BCUT2D eigenvalue weighted by Gasteiger charge is -2.18. The van der Waals surface area contributed by atoms with Gasteiger partial charge in [-0.05, 0) is 6.07 Å². The highest BCUT2D eigenvalue weighted by Gasteiger charge is 2.19. The van der Waals surface area contributed by atoms with Crippen LogP contribution < -0.4 is 15.4 Å². The number of nitrogens with one attached hydrogen (secondary N) is 2. The lowest BCUT2D eigenvalue weighted by Crippen LogP contribution is -2.38. The minimum atomic E-state index is -0.839. The lowest BCUT2D eigenvalue weighted by atomic mass is 10.1. The van der Waals surface area contributed by atoms with Gasteiger partial charge >= 0.3 is 11.8 Å². The summed E-state index contributed by atoms with van der Waals surface area (Å²) in [6, 6.07) is 8.72. The number of rotatable bonds is 6. The Labute approximate surface area is 132 Å². The number of carbonyl (C=O) groups excluding carboxylic acids is 2. The quantitative estimate of drug-likeness (QED) is 0.774. The van der Waals surface area contributed by atoms with Crippen molar-refractivity contribution in [2.45, 2.75) is 6.10 Å². The van der Waals surface area contributed by atoms with Crippen LogP contribution >= 0.6 is 0 Å². The Kier molecular flexibility index (Phi) is 5.70. The van der Waals surface area contributed by atoms with E-state index < -0.39 is 17.9 Å². The van der Waals surface area contributed by atoms with Crippen molar-refractivity contribution in [2.75, 3.05) is 26.1 Å². The van der Waals surface area contributed by atoms with Crippen LogP contribution in [0.3, 0.4) is 0 Å². The topological polar surface area (TPSA) is 103 Å². The number of hydrogen-bond acceptors (Lipinski definition) is 6. The van der Waals surface area contributed by atoms with Crippen LogP contribution in [-0.4, -0.2) is 37.7 Å². The van der Waals surface area contributed by atoms with Gasteiger partial charge in [0.1, 0.15) is 18.1 Å². The number of carbonyl (C=O) groups is 2. The summed E-state index contributed by atoms with van der Waals surface area (Å²) in [6.07, 6.45) is 0.839. The molecule has 0 radical (unpaired) electrons. The Hall–Kier alpha value is -2.87. The third kappa shape index (κ3) is 4.30. The van der Waals surface area contributed by atoms with Gasteiger partial charge in [-0.25, -0.2) is 0 Å². The molecular weight excluding hydrogens is 302 g/mol. The molecular formula is C15H17N3O5. The lowest BCUT2D eigenvalue weighted by molar-refractivity contribution is -0.136. The molecule has 2 rings (SSSR count). The summed E-state index contributed by atoms with van der Waals surface area (Å²) < 4.78 is 15.2. The van der Waals surface area contributed by atoms with Gasteiger partial charge in [0, 0.05) is 25.3 Å². The summed E-state index contributed by atoms with van der Waals surface area (Å²) in [5, 5.41) is 8.30. The number of nitrogens with zero attached hydrogens (tertiary/aromatic N) is 1. The van der Waals surface area contributed by atoms with Gasteiger partial charge < -0.3 is 19.3 Å². The molecule has 0 saturated carbocycles. The number of benzene rings is 1. The molecule has 0 bridgehead atoms. The molecule has 122 valence electrons. The molecule has 2 amide bonds. The van der Waals surface area contributed by atoms with Crippen LogP contribution in [0.4, 0.5) is 5.82 Å². The Balaban J connectivity index is 1.94. The van der Waals surface area contributed by atoms with E-state index >= 15 is 0 Å². The standard InChI is InChI=1S/C15H17N3O5/c1-21-11-6-4-3-5-10(11)12(22-2)9-16-14(19)15(20)17-13-7-8-23-18-13/h3-8,12H,9H2,1-2H3,(H,16,19)(H,17,18,20)/t12-/m1/s1. The van der Waals surface area contributed by atoms with Crippen LogP contribution in [0.2, 0.25) is 0 Å². The second-order valence-corrected chi connectivity index (χ2v) is 4.52. The van der Waals surface area contributed by atoms with Crippen molar-refractivity contribution in [1.82, 2.24) is 10.5 Å². The molecule has 0 spiro atoms. The molecule has 2 aromatic rings. The first-order valence-electron chi connectivity index (χ1n) is 6.81. The number of amides is 2. The SMILES string of the molecule is COc1ccccc1[C@@H](CNC(=O)C(=O)Nc1ccon1)OC. The van der Waals surface area contributed by atoms with E-state index in [1.165, 1.54) is 19.4 Å². The summed E-state index contributed by atoms with van der Waals surface area (Å²) in [5.41, 5.74) is 0.773. The van der Waals surface area contributed by atoms with Gasteiger partial charge in [-0.15, -0.1) is 0 Å². The van der Waals surface area contributed by atoms with Gasteiger partial charge in [0.25, 0.3) is 0 Å². The van der Waals surface area contributed by atoms with Gasteiger partial charge in [0.05, 0.1) is 7.11 Å². The average molecular weight is 319 g/mol. The van der Waals surface area contributed by atoms with E-state index in [0.717, 1.165) is 5.56 Å². The molecule has 0 aliphatic rings. The van der Waals surface area contributed by atoms with E-state index in [2.05, 4.69) is 20.3 Å². The predicted octanol–water partition coefficient (Wildman–Crippen LogP) is 1.13. The van der Waals surface area contributed by atoms with Gasteiger partial charge in [-0.3, -0.25) is 14.9 Å². The Morgan fingerprint density at radius 1 is 1.22 bits per heavy atom. The molecule has 0 unspecified atom stereocenters. The van der Waals surface area contributed by atoms with Gasteiger partial charge in [-0.1, -0.05) is 23.4 Å². The maximum Gasteiger partial charge on any atom is 0.314 e. The van der Waals surface area contributed by atoms with Crippen LogP contribution in [0.5, 0.6) is 5.75 Å². The highest BCUT2D eigenvalue weighted by Crippen LogP contribution is 2.26. The van der Waals surface area contributed by atoms with Crippen molar-refractivity contribution in [2.24, 2.45) is 0 Å². The number of anilines is 1. The summed E-state index contributed by atoms with van der Waals surface area (Å²) in [7, 11) is 3.06. The van der Waals surface area contributed by atoms with Crippen LogP contribution in [0.25, 0.3) is 0 Å². The molecule has 0 saturated heterocycles. The second kappa shape index (κ2) is 7.95. The molecule has 2 N–H and O–H groups in total. The van der Waals surface area contributed by atoms with Crippen LogP contribution in [0.15, 0.2) is 41.1 Å². The highest BCUT2D eigenvalue weighted by atomic mass is 16.5. The zero-order chi connectivity index (χ0) is 16.7. The maximum absolute atomic E-state index is 11.8. The van der Waals surface area contributed by atoms with Crippen molar-refractivity contribution in [1.29, 1.82) is 0 Å². The van der Waals surface area contributed by atoms with Gasteiger partial charge in [0.2, 0.25) is 0 Å². The molecule has 8 nitrogen and oxygen atoms in total. The highest BCUT2D eigenvalue weighted by molar-refractivity contribution is 6.39. The summed E-state index contributed by atoms with van der Waals surface area (Å²) >= 11 is 0. The maximum atomic E-state index is 11.8. The van der Waals surface area contributed by atoms with E-state index in [1.54, 1.807) is 13.2 Å². The molecule has 8 heteroatoms. The normalized spacial score (nSPS) is 11.6. The fraction of sp³-hybridized carbons (Fsp3) is 0.267. The fourth-order valence-corrected chi connectivity index (χ4v) is 1.97. The number of para-hydroxylation sites is 1. The zero-order valence-electron chi connectivity index (χ0n) is 12.7. The van der Waals surface area contributed by atoms with Gasteiger partial charge in [0.15, 0.2) is 5.82 Å². The van der Waals surface area contributed by atoms with Crippen molar-refractivity contribution >= 4 is 17.6 Å². The summed E-state index contributed by atoms with van der Waals surface area (Å²) in [6.45, 7) is 0.113. The van der Waals surface area contributed by atoms with Crippen molar-refractivity contribution < 1.29 is 23.6 Å². The molecule has 0 aliphatic heterocycles. The minimum absolute atomic E-state index is 0.113. The van der Waals surface area contributed by atoms with Gasteiger partial charge in [-0.2, -0.15) is 0 Å². The number of ether oxygens (including phenoxy) is 2. The first-order chi connectivity index (χ1) is 11.2. The second-order valence-electron chi connectivity index (χ2n) is 4.52. The van der Waals surface area contributed by atoms with E-state index in [4.69, 9.17) is 9.47 Å². The predicted molar refractivity (Wildman–Crippen MR) is 80.9 cm³/mol. The fourth-order valence-electron chi connectivity index (χ4n) is 1.97. The molecule has 1 aromatic heterocycles. The Bertz CT molecular complexity index is 657. The van der Waals surface area contributed by atoms with Crippen LogP contribution in [0, 0.1) is 0 Å². The minimum Gasteiger partial charge on any atom is -0.496 e. The first-order valence-corrected chi connectivity index (χ1v) is 6.81. The Morgan fingerprint density at radius 3 is 2.65 bits per heavy atom. The number of hydrogen-bond donors (Lipinski definition) is 2. The molecule has 0 aliphatic carbocycles. The largest absolute Gasteiger partial charge is 0.496 e. The monoisotopic (exact) mass is 319 g/mol. The van der Waals surface area contributed by atoms with Crippen molar-refractivity contribution in [3.63, 3.8) is 0 Å². The van der Waals surface area contributed by atoms with E-state index in [9.17, 15) is 9.59 Å². The van der Waals surface area contributed by atoms with Crippen LogP contribution in [0.1, 0.15) is 11.7 Å². The molecule has 1 atom stereocenters. The number of aromatic nitrogens is 1. The van der Waals surface area contributed by atoms with E-state index in [-0.39, 0.29) is 12.4 Å². The van der Waals surface area contributed by atoms with Crippen molar-refractivity contribution in [3.05, 3.63) is 42.2 Å². The third-order valence-corrected chi connectivity index (χ3v) is 3.10. The third-order valence-electron chi connectivity index (χ3n) is 3.10. The molecule has 1 aromatic carbocycles. The van der Waals surface area contributed by atoms with Crippen LogP contribution in [-0.2, 0) is 14.3 Å². The first kappa shape index (κ1) is 16.5. The van der Waals surface area contributed by atoms with E-state index in [0.29, 0.717) is 5.75 Å². The number of methoxy groups -OCH3 is 2. The summed E-state index contributed by atoms with van der Waals surface area (Å²) in [4.78, 5) is 23.5. The molecule has 23 heavy (non-hydrogen) atoms. The van der Waals surface area contributed by atoms with Crippen molar-refractivity contribution in [3.8, 4) is 5.75 Å². The zero-order valence-corrected chi connectivity index (χ0v) is 12.7. The smallest absolute Gasteiger partial charge is 0.314 e.